The van der Waals surface area contributed by atoms with E-state index in [1.807, 2.05) is 19.2 Å². The molecule has 5 heteroatoms. The molecule has 4 aromatic rings. The van der Waals surface area contributed by atoms with E-state index in [4.69, 9.17) is 5.73 Å². The van der Waals surface area contributed by atoms with Gasteiger partial charge in [0.25, 0.3) is 0 Å². The third-order valence-electron chi connectivity index (χ3n) is 4.60. The van der Waals surface area contributed by atoms with Crippen molar-refractivity contribution in [1.29, 1.82) is 0 Å². The van der Waals surface area contributed by atoms with Gasteiger partial charge in [-0.1, -0.05) is 29.8 Å². The third kappa shape index (κ3) is 3.16. The van der Waals surface area contributed by atoms with E-state index < -0.39 is 0 Å². The van der Waals surface area contributed by atoms with Crippen molar-refractivity contribution in [2.24, 2.45) is 0 Å². The van der Waals surface area contributed by atoms with Crippen molar-refractivity contribution >= 4 is 17.0 Å². The van der Waals surface area contributed by atoms with E-state index in [-0.39, 0.29) is 0 Å². The molecule has 4 rings (SSSR count). The van der Waals surface area contributed by atoms with Crippen LogP contribution >= 0.6 is 0 Å². The second kappa shape index (κ2) is 6.59. The molecule has 3 aromatic heterocycles. The monoisotopic (exact) mass is 343 g/mol. The molecule has 3 heterocycles. The summed E-state index contributed by atoms with van der Waals surface area (Å²) in [6, 6.07) is 12.5. The first-order chi connectivity index (χ1) is 12.6. The Morgan fingerprint density at radius 1 is 0.962 bits per heavy atom. The van der Waals surface area contributed by atoms with Gasteiger partial charge in [-0.25, -0.2) is 15.0 Å². The zero-order chi connectivity index (χ0) is 18.1. The zero-order valence-corrected chi connectivity index (χ0v) is 15.0. The van der Waals surface area contributed by atoms with Crippen LogP contribution in [0.2, 0.25) is 0 Å². The van der Waals surface area contributed by atoms with Gasteiger partial charge in [0, 0.05) is 17.5 Å². The summed E-state index contributed by atoms with van der Waals surface area (Å²) in [6.45, 7) is 4.13. The third-order valence-corrected chi connectivity index (χ3v) is 4.60. The van der Waals surface area contributed by atoms with Gasteiger partial charge in [0.2, 0.25) is 0 Å². The molecule has 0 unspecified atom stereocenters. The number of anilines is 1. The molecule has 0 radical (unpaired) electrons. The summed E-state index contributed by atoms with van der Waals surface area (Å²) in [5, 5.41) is 0. The van der Waals surface area contributed by atoms with Crippen molar-refractivity contribution in [2.45, 2.75) is 26.7 Å². The van der Waals surface area contributed by atoms with Gasteiger partial charge in [0.15, 0.2) is 5.65 Å². The number of fused-ring (bicyclic) bond motifs is 1. The van der Waals surface area contributed by atoms with Gasteiger partial charge in [0.1, 0.15) is 5.82 Å². The number of hydrogen-bond acceptors (Lipinski definition) is 4. The van der Waals surface area contributed by atoms with Crippen molar-refractivity contribution in [2.75, 3.05) is 5.73 Å². The first kappa shape index (κ1) is 16.3. The summed E-state index contributed by atoms with van der Waals surface area (Å²) in [6.07, 6.45) is 5.26. The molecule has 130 valence electrons. The lowest BCUT2D eigenvalue weighted by Gasteiger charge is -2.11. The molecule has 0 saturated carbocycles. The molecule has 26 heavy (non-hydrogen) atoms. The number of benzene rings is 1. The number of nitrogen functional groups attached to an aromatic ring is 1. The van der Waals surface area contributed by atoms with Crippen LogP contribution in [0.15, 0.2) is 48.9 Å². The van der Waals surface area contributed by atoms with Crippen LogP contribution in [0.25, 0.3) is 22.3 Å². The number of nitrogens with one attached hydrogen (secondary N) is 1. The fourth-order valence-corrected chi connectivity index (χ4v) is 3.34. The molecular formula is C21H21N5. The highest BCUT2D eigenvalue weighted by molar-refractivity contribution is 5.83. The number of hydrogen-bond donors (Lipinski definition) is 2. The molecule has 1 aromatic carbocycles. The Labute approximate surface area is 152 Å². The Hall–Kier alpha value is -3.21. The van der Waals surface area contributed by atoms with E-state index in [1.54, 1.807) is 6.33 Å². The highest BCUT2D eigenvalue weighted by Crippen LogP contribution is 2.29. The van der Waals surface area contributed by atoms with E-state index in [0.29, 0.717) is 5.82 Å². The standard InChI is InChI=1S/C21H21N5/c1-13-3-5-15(6-4-13)18-11-23-21-20(24-12-25-21)17(18)8-7-16-9-14(2)10-19(22)26-16/h3-6,9-12H,7-8H2,1-2H3,(H2,22,26)(H,23,24,25). The summed E-state index contributed by atoms with van der Waals surface area (Å²) in [5.41, 5.74) is 14.5. The second-order valence-electron chi connectivity index (χ2n) is 6.68. The van der Waals surface area contributed by atoms with Crippen LogP contribution in [-0.4, -0.2) is 19.9 Å². The molecule has 0 amide bonds. The summed E-state index contributed by atoms with van der Waals surface area (Å²) in [5.74, 6) is 0.570. The molecule has 0 atom stereocenters. The molecule has 0 spiro atoms. The van der Waals surface area contributed by atoms with Crippen molar-refractivity contribution in [3.8, 4) is 11.1 Å². The quantitative estimate of drug-likeness (QED) is 0.587. The number of aromatic amines is 1. The molecule has 0 fully saturated rings. The van der Waals surface area contributed by atoms with E-state index >= 15 is 0 Å². The van der Waals surface area contributed by atoms with Crippen molar-refractivity contribution < 1.29 is 0 Å². The minimum atomic E-state index is 0.570. The molecule has 0 aliphatic heterocycles. The van der Waals surface area contributed by atoms with Crippen LogP contribution in [0.1, 0.15) is 22.4 Å². The lowest BCUT2D eigenvalue weighted by atomic mass is 9.96. The molecular weight excluding hydrogens is 322 g/mol. The highest BCUT2D eigenvalue weighted by Gasteiger charge is 2.13. The minimum absolute atomic E-state index is 0.570. The lowest BCUT2D eigenvalue weighted by Crippen LogP contribution is -2.01. The van der Waals surface area contributed by atoms with E-state index in [1.165, 1.54) is 11.1 Å². The smallest absolute Gasteiger partial charge is 0.177 e. The fourth-order valence-electron chi connectivity index (χ4n) is 3.34. The van der Waals surface area contributed by atoms with Gasteiger partial charge in [-0.2, -0.15) is 0 Å². The average Bonchev–Trinajstić information content (AvgIpc) is 3.08. The molecule has 0 aliphatic rings. The van der Waals surface area contributed by atoms with Gasteiger partial charge in [-0.05, 0) is 55.5 Å². The molecule has 5 nitrogen and oxygen atoms in total. The summed E-state index contributed by atoms with van der Waals surface area (Å²) >= 11 is 0. The number of aryl methyl sites for hydroxylation is 4. The Balaban J connectivity index is 1.75. The number of aromatic nitrogens is 4. The predicted molar refractivity (Wildman–Crippen MR) is 105 cm³/mol. The average molecular weight is 343 g/mol. The van der Waals surface area contributed by atoms with Gasteiger partial charge in [-0.15, -0.1) is 0 Å². The van der Waals surface area contributed by atoms with Crippen molar-refractivity contribution in [3.63, 3.8) is 0 Å². The number of imidazole rings is 1. The number of pyridine rings is 2. The number of H-pyrrole nitrogens is 1. The maximum atomic E-state index is 5.90. The largest absolute Gasteiger partial charge is 0.384 e. The maximum Gasteiger partial charge on any atom is 0.177 e. The molecule has 0 bridgehead atoms. The normalized spacial score (nSPS) is 11.2. The fraction of sp³-hybridized carbons (Fsp3) is 0.190. The highest BCUT2D eigenvalue weighted by atomic mass is 14.9. The predicted octanol–water partition coefficient (Wildman–Crippen LogP) is 4.00. The zero-order valence-electron chi connectivity index (χ0n) is 15.0. The lowest BCUT2D eigenvalue weighted by molar-refractivity contribution is 0.917. The van der Waals surface area contributed by atoms with Gasteiger partial charge >= 0.3 is 0 Å². The van der Waals surface area contributed by atoms with Gasteiger partial charge in [-0.3, -0.25) is 0 Å². The number of nitrogens with zero attached hydrogens (tertiary/aromatic N) is 3. The van der Waals surface area contributed by atoms with Crippen LogP contribution in [0.4, 0.5) is 5.82 Å². The minimum Gasteiger partial charge on any atom is -0.384 e. The summed E-state index contributed by atoms with van der Waals surface area (Å²) in [7, 11) is 0. The van der Waals surface area contributed by atoms with Crippen molar-refractivity contribution in [1.82, 2.24) is 19.9 Å². The van der Waals surface area contributed by atoms with E-state index in [0.717, 1.165) is 46.4 Å². The Morgan fingerprint density at radius 3 is 2.54 bits per heavy atom. The van der Waals surface area contributed by atoms with Crippen LogP contribution in [0, 0.1) is 13.8 Å². The molecule has 3 N–H and O–H groups in total. The van der Waals surface area contributed by atoms with Crippen LogP contribution in [0.5, 0.6) is 0 Å². The Kier molecular flexibility index (Phi) is 4.13. The van der Waals surface area contributed by atoms with Crippen LogP contribution in [-0.2, 0) is 12.8 Å². The van der Waals surface area contributed by atoms with E-state index in [2.05, 4.69) is 57.2 Å². The summed E-state index contributed by atoms with van der Waals surface area (Å²) in [4.78, 5) is 16.5. The molecule has 0 aliphatic carbocycles. The van der Waals surface area contributed by atoms with Crippen LogP contribution in [0.3, 0.4) is 0 Å². The van der Waals surface area contributed by atoms with Crippen LogP contribution < -0.4 is 5.73 Å². The van der Waals surface area contributed by atoms with E-state index in [9.17, 15) is 0 Å². The topological polar surface area (TPSA) is 80.5 Å². The number of rotatable bonds is 4. The first-order valence-corrected chi connectivity index (χ1v) is 8.71. The second-order valence-corrected chi connectivity index (χ2v) is 6.68. The van der Waals surface area contributed by atoms with Gasteiger partial charge in [0.05, 0.1) is 11.8 Å². The number of nitrogens with two attached hydrogens (primary N) is 1. The SMILES string of the molecule is Cc1ccc(-c2cnc3nc[nH]c3c2CCc2cc(C)cc(N)n2)cc1. The van der Waals surface area contributed by atoms with Gasteiger partial charge < -0.3 is 10.7 Å². The maximum absolute atomic E-state index is 5.90. The summed E-state index contributed by atoms with van der Waals surface area (Å²) < 4.78 is 0. The Bertz CT molecular complexity index is 1040. The first-order valence-electron chi connectivity index (χ1n) is 8.71. The van der Waals surface area contributed by atoms with Crippen molar-refractivity contribution in [3.05, 3.63) is 71.3 Å². The molecule has 0 saturated heterocycles. The Morgan fingerprint density at radius 2 is 1.77 bits per heavy atom.